The Morgan fingerprint density at radius 1 is 1.43 bits per heavy atom. The molecule has 0 saturated heterocycles. The lowest BCUT2D eigenvalue weighted by Crippen LogP contribution is -2.03. The number of benzene rings is 1. The average molecular weight is 287 g/mol. The first kappa shape index (κ1) is 13.0. The van der Waals surface area contributed by atoms with E-state index in [9.17, 15) is 9.18 Å². The minimum Gasteiger partial charge on any atom is -0.496 e. The van der Waals surface area contributed by atoms with Gasteiger partial charge < -0.3 is 14.2 Å². The lowest BCUT2D eigenvalue weighted by Gasteiger charge is -2.06. The Morgan fingerprint density at radius 2 is 2.24 bits per heavy atom. The van der Waals surface area contributed by atoms with Crippen LogP contribution in [-0.4, -0.2) is 32.6 Å². The summed E-state index contributed by atoms with van der Waals surface area (Å²) < 4.78 is 20.7. The van der Waals surface area contributed by atoms with Gasteiger partial charge >= 0.3 is 5.97 Å². The first-order chi connectivity index (χ1) is 10.1. The second-order valence-corrected chi connectivity index (χ2v) is 4.26. The van der Waals surface area contributed by atoms with Crippen molar-refractivity contribution in [2.24, 2.45) is 0 Å². The zero-order valence-electron chi connectivity index (χ0n) is 10.9. The molecule has 0 aliphatic carbocycles. The normalized spacial score (nSPS) is 10.8. The first-order valence-corrected chi connectivity index (χ1v) is 6.01. The smallest absolute Gasteiger partial charge is 0.358 e. The topological polar surface area (TPSA) is 76.7 Å². The number of hydrogen-bond donors (Lipinski definition) is 1. The number of nitrogens with zero attached hydrogens (tertiary/aromatic N) is 3. The Kier molecular flexibility index (Phi) is 3.02. The van der Waals surface area contributed by atoms with Gasteiger partial charge in [0.15, 0.2) is 11.3 Å². The highest BCUT2D eigenvalue weighted by Crippen LogP contribution is 2.32. The summed E-state index contributed by atoms with van der Waals surface area (Å²) in [6, 6.07) is 4.43. The van der Waals surface area contributed by atoms with E-state index in [1.165, 1.54) is 36.0 Å². The Labute approximate surface area is 118 Å². The van der Waals surface area contributed by atoms with Crippen molar-refractivity contribution >= 4 is 11.6 Å². The number of methoxy groups -OCH3 is 1. The molecule has 7 heteroatoms. The fourth-order valence-electron chi connectivity index (χ4n) is 2.11. The molecule has 0 atom stereocenters. The summed E-state index contributed by atoms with van der Waals surface area (Å²) in [4.78, 5) is 19.1. The van der Waals surface area contributed by atoms with Crippen LogP contribution >= 0.6 is 0 Å². The van der Waals surface area contributed by atoms with Crippen molar-refractivity contribution < 1.29 is 19.0 Å². The number of rotatable bonds is 3. The number of carboxylic acids is 1. The average Bonchev–Trinajstić information content (AvgIpc) is 2.89. The van der Waals surface area contributed by atoms with Crippen LogP contribution in [0.2, 0.25) is 0 Å². The van der Waals surface area contributed by atoms with Gasteiger partial charge in [0, 0.05) is 18.6 Å². The fourth-order valence-corrected chi connectivity index (χ4v) is 2.11. The molecule has 3 rings (SSSR count). The van der Waals surface area contributed by atoms with Crippen molar-refractivity contribution in [3.05, 3.63) is 48.3 Å². The molecule has 0 radical (unpaired) electrons. The number of carbonyl (C=O) groups is 1. The maximum absolute atomic E-state index is 14.0. The van der Waals surface area contributed by atoms with Crippen LogP contribution in [0.5, 0.6) is 5.75 Å². The SMILES string of the molecule is COc1cccc(F)c1-c1cn2ccnc(C(=O)O)c2n1. The van der Waals surface area contributed by atoms with Gasteiger partial charge in [-0.15, -0.1) is 0 Å². The summed E-state index contributed by atoms with van der Waals surface area (Å²) in [7, 11) is 1.43. The van der Waals surface area contributed by atoms with Gasteiger partial charge in [-0.3, -0.25) is 0 Å². The predicted molar refractivity (Wildman–Crippen MR) is 71.9 cm³/mol. The molecule has 0 aliphatic heterocycles. The van der Waals surface area contributed by atoms with Gasteiger partial charge in [0.1, 0.15) is 11.6 Å². The summed E-state index contributed by atoms with van der Waals surface area (Å²) in [6.45, 7) is 0. The minimum atomic E-state index is -1.20. The van der Waals surface area contributed by atoms with E-state index in [2.05, 4.69) is 9.97 Å². The van der Waals surface area contributed by atoms with Crippen molar-refractivity contribution in [3.63, 3.8) is 0 Å². The summed E-state index contributed by atoms with van der Waals surface area (Å²) in [5.41, 5.74) is 0.407. The highest BCUT2D eigenvalue weighted by atomic mass is 19.1. The van der Waals surface area contributed by atoms with Crippen LogP contribution in [0.4, 0.5) is 4.39 Å². The molecule has 0 saturated carbocycles. The molecule has 6 nitrogen and oxygen atoms in total. The van der Waals surface area contributed by atoms with E-state index < -0.39 is 11.8 Å². The monoisotopic (exact) mass is 287 g/mol. The van der Waals surface area contributed by atoms with Crippen LogP contribution in [0.15, 0.2) is 36.8 Å². The van der Waals surface area contributed by atoms with Crippen molar-refractivity contribution in [1.29, 1.82) is 0 Å². The molecule has 3 aromatic rings. The third-order valence-electron chi connectivity index (χ3n) is 3.03. The standard InChI is InChI=1S/C14H10FN3O3/c1-21-10-4-2-3-8(15)11(10)9-7-18-6-5-16-12(14(19)20)13(18)17-9/h2-7H,1H3,(H,19,20). The zero-order chi connectivity index (χ0) is 15.0. The Bertz CT molecular complexity index is 845. The second-order valence-electron chi connectivity index (χ2n) is 4.26. The van der Waals surface area contributed by atoms with Gasteiger partial charge in [-0.25, -0.2) is 19.2 Å². The molecule has 106 valence electrons. The van der Waals surface area contributed by atoms with Crippen molar-refractivity contribution in [1.82, 2.24) is 14.4 Å². The Balaban J connectivity index is 2.28. The van der Waals surface area contributed by atoms with E-state index >= 15 is 0 Å². The number of aromatic carboxylic acids is 1. The summed E-state index contributed by atoms with van der Waals surface area (Å²) in [5.74, 6) is -1.37. The number of ether oxygens (including phenoxy) is 1. The molecular weight excluding hydrogens is 277 g/mol. The van der Waals surface area contributed by atoms with Gasteiger partial charge in [-0.2, -0.15) is 0 Å². The van der Waals surface area contributed by atoms with Crippen LogP contribution in [0.3, 0.4) is 0 Å². The van der Waals surface area contributed by atoms with Crippen molar-refractivity contribution in [2.45, 2.75) is 0 Å². The van der Waals surface area contributed by atoms with Gasteiger partial charge in [0.25, 0.3) is 0 Å². The van der Waals surface area contributed by atoms with Crippen molar-refractivity contribution in [3.8, 4) is 17.0 Å². The predicted octanol–water partition coefficient (Wildman–Crippen LogP) is 2.24. The molecule has 0 fully saturated rings. The number of halogens is 1. The molecule has 2 aromatic heterocycles. The highest BCUT2D eigenvalue weighted by molar-refractivity contribution is 5.92. The van der Waals surface area contributed by atoms with Gasteiger partial charge in [0.05, 0.1) is 18.4 Å². The largest absolute Gasteiger partial charge is 0.496 e. The third-order valence-corrected chi connectivity index (χ3v) is 3.03. The third kappa shape index (κ3) is 2.08. The number of aromatic nitrogens is 3. The summed E-state index contributed by atoms with van der Waals surface area (Å²) in [6.07, 6.45) is 4.43. The minimum absolute atomic E-state index is 0.144. The van der Waals surface area contributed by atoms with Gasteiger partial charge in [0.2, 0.25) is 0 Å². The van der Waals surface area contributed by atoms with Crippen molar-refractivity contribution in [2.75, 3.05) is 7.11 Å². The van der Waals surface area contributed by atoms with E-state index in [0.29, 0.717) is 5.75 Å². The van der Waals surface area contributed by atoms with E-state index in [-0.39, 0.29) is 22.6 Å². The molecule has 2 heterocycles. The molecular formula is C14H10FN3O3. The van der Waals surface area contributed by atoms with Gasteiger partial charge in [-0.05, 0) is 12.1 Å². The summed E-state index contributed by atoms with van der Waals surface area (Å²) in [5, 5.41) is 9.10. The molecule has 0 aliphatic rings. The number of carboxylic acid groups (broad SMARTS) is 1. The van der Waals surface area contributed by atoms with E-state index in [0.717, 1.165) is 0 Å². The zero-order valence-corrected chi connectivity index (χ0v) is 10.9. The molecule has 21 heavy (non-hydrogen) atoms. The van der Waals surface area contributed by atoms with E-state index in [1.54, 1.807) is 12.3 Å². The van der Waals surface area contributed by atoms with E-state index in [4.69, 9.17) is 9.84 Å². The van der Waals surface area contributed by atoms with E-state index in [1.807, 2.05) is 0 Å². The van der Waals surface area contributed by atoms with Crippen LogP contribution in [-0.2, 0) is 0 Å². The fraction of sp³-hybridized carbons (Fsp3) is 0.0714. The highest BCUT2D eigenvalue weighted by Gasteiger charge is 2.18. The molecule has 0 spiro atoms. The van der Waals surface area contributed by atoms with Crippen LogP contribution in [0.25, 0.3) is 16.9 Å². The molecule has 1 N–H and O–H groups in total. The van der Waals surface area contributed by atoms with Crippen LogP contribution in [0, 0.1) is 5.82 Å². The number of imidazole rings is 1. The van der Waals surface area contributed by atoms with Crippen LogP contribution in [0.1, 0.15) is 10.5 Å². The van der Waals surface area contributed by atoms with Crippen LogP contribution < -0.4 is 4.74 Å². The van der Waals surface area contributed by atoms with Gasteiger partial charge in [-0.1, -0.05) is 6.07 Å². The molecule has 0 bridgehead atoms. The Hall–Kier alpha value is -2.96. The summed E-state index contributed by atoms with van der Waals surface area (Å²) >= 11 is 0. The Morgan fingerprint density at radius 3 is 2.95 bits per heavy atom. The molecule has 1 aromatic carbocycles. The number of fused-ring (bicyclic) bond motifs is 1. The molecule has 0 unspecified atom stereocenters. The first-order valence-electron chi connectivity index (χ1n) is 6.01. The molecule has 0 amide bonds. The maximum atomic E-state index is 14.0. The lowest BCUT2D eigenvalue weighted by atomic mass is 10.1. The maximum Gasteiger partial charge on any atom is 0.358 e. The lowest BCUT2D eigenvalue weighted by molar-refractivity contribution is 0.0692. The number of hydrogen-bond acceptors (Lipinski definition) is 4. The second kappa shape index (κ2) is 4.86. The quantitative estimate of drug-likeness (QED) is 0.799.